The first-order valence-corrected chi connectivity index (χ1v) is 7.90. The van der Waals surface area contributed by atoms with Gasteiger partial charge in [0.25, 0.3) is 0 Å². The van der Waals surface area contributed by atoms with Crippen LogP contribution in [0.4, 0.5) is 0 Å². The predicted molar refractivity (Wildman–Crippen MR) is 107 cm³/mol. The van der Waals surface area contributed by atoms with Crippen molar-refractivity contribution in [2.24, 2.45) is 0 Å². The molecule has 0 aliphatic carbocycles. The molecule has 24 heavy (non-hydrogen) atoms. The first kappa shape index (κ1) is 22.7. The zero-order valence-corrected chi connectivity index (χ0v) is 16.0. The molecule has 0 unspecified atom stereocenters. The molecule has 3 nitrogen and oxygen atoms in total. The van der Waals surface area contributed by atoms with Crippen LogP contribution in [0.25, 0.3) is 0 Å². The Bertz CT molecular complexity index is 544. The number of rotatable bonds is 9. The molecule has 0 amide bonds. The van der Waals surface area contributed by atoms with E-state index >= 15 is 0 Å². The maximum absolute atomic E-state index is 5.82. The lowest BCUT2D eigenvalue weighted by Crippen LogP contribution is -2.19. The molecular weight excluding hydrogens is 343 g/mol. The number of hydrogen-bond donors (Lipinski definition) is 2. The van der Waals surface area contributed by atoms with Crippen LogP contribution >= 0.6 is 24.8 Å². The van der Waals surface area contributed by atoms with Gasteiger partial charge in [-0.2, -0.15) is 0 Å². The van der Waals surface area contributed by atoms with Crippen LogP contribution in [0.15, 0.2) is 48.5 Å². The molecule has 2 aromatic rings. The maximum Gasteiger partial charge on any atom is 0.119 e. The highest BCUT2D eigenvalue weighted by molar-refractivity contribution is 5.85. The Morgan fingerprint density at radius 1 is 0.833 bits per heavy atom. The summed E-state index contributed by atoms with van der Waals surface area (Å²) in [6.45, 7) is 5.70. The zero-order valence-electron chi connectivity index (χ0n) is 14.4. The summed E-state index contributed by atoms with van der Waals surface area (Å²) in [5.41, 5.74) is 3.75. The minimum atomic E-state index is 0. The summed E-state index contributed by atoms with van der Waals surface area (Å²) < 4.78 is 5.82. The van der Waals surface area contributed by atoms with Crippen molar-refractivity contribution in [3.63, 3.8) is 0 Å². The smallest absolute Gasteiger partial charge is 0.119 e. The monoisotopic (exact) mass is 370 g/mol. The lowest BCUT2D eigenvalue weighted by molar-refractivity contribution is 0.306. The van der Waals surface area contributed by atoms with Crippen LogP contribution in [0.1, 0.15) is 23.1 Å². The highest BCUT2D eigenvalue weighted by Gasteiger charge is 1.98. The first-order valence-electron chi connectivity index (χ1n) is 7.90. The Hall–Kier alpha value is -1.26. The van der Waals surface area contributed by atoms with Crippen LogP contribution in [0.3, 0.4) is 0 Å². The summed E-state index contributed by atoms with van der Waals surface area (Å²) in [5, 5.41) is 6.59. The lowest BCUT2D eigenvalue weighted by atomic mass is 10.2. The molecular formula is C19H28Cl2N2O. The number of halogens is 2. The van der Waals surface area contributed by atoms with Gasteiger partial charge < -0.3 is 15.4 Å². The number of benzene rings is 2. The maximum atomic E-state index is 5.82. The molecule has 0 radical (unpaired) electrons. The van der Waals surface area contributed by atoms with E-state index in [1.54, 1.807) is 0 Å². The molecule has 0 heterocycles. The fourth-order valence-electron chi connectivity index (χ4n) is 2.18. The van der Waals surface area contributed by atoms with Crippen LogP contribution < -0.4 is 15.4 Å². The Morgan fingerprint density at radius 3 is 2.08 bits per heavy atom. The van der Waals surface area contributed by atoms with Crippen molar-refractivity contribution in [1.29, 1.82) is 0 Å². The van der Waals surface area contributed by atoms with Gasteiger partial charge >= 0.3 is 0 Å². The zero-order chi connectivity index (χ0) is 15.6. The molecule has 0 aromatic heterocycles. The van der Waals surface area contributed by atoms with E-state index in [9.17, 15) is 0 Å². The van der Waals surface area contributed by atoms with Gasteiger partial charge in [0.05, 0.1) is 0 Å². The Morgan fingerprint density at radius 2 is 1.46 bits per heavy atom. The van der Waals surface area contributed by atoms with Gasteiger partial charge in [-0.3, -0.25) is 0 Å². The van der Waals surface area contributed by atoms with Gasteiger partial charge in [0.15, 0.2) is 0 Å². The molecule has 5 heteroatoms. The number of ether oxygens (including phenoxy) is 1. The van der Waals surface area contributed by atoms with Crippen molar-refractivity contribution < 1.29 is 4.74 Å². The van der Waals surface area contributed by atoms with E-state index in [4.69, 9.17) is 4.74 Å². The van der Waals surface area contributed by atoms with Crippen molar-refractivity contribution in [1.82, 2.24) is 10.6 Å². The molecule has 0 fully saturated rings. The molecule has 0 spiro atoms. The van der Waals surface area contributed by atoms with Crippen molar-refractivity contribution in [3.8, 4) is 5.75 Å². The standard InChI is InChI=1S/C19H26N2O.2ClH/c1-16-4-6-18(7-5-16)15-22-19-10-8-17(9-11-19)14-21-13-3-12-20-2;;/h4-11,20-21H,3,12-15H2,1-2H3;2*1H. The average molecular weight is 371 g/mol. The third-order valence-electron chi connectivity index (χ3n) is 3.56. The molecule has 0 saturated carbocycles. The van der Waals surface area contributed by atoms with Crippen LogP contribution in [0.2, 0.25) is 0 Å². The molecule has 0 saturated heterocycles. The minimum absolute atomic E-state index is 0. The molecule has 134 valence electrons. The van der Waals surface area contributed by atoms with Crippen molar-refractivity contribution in [2.75, 3.05) is 20.1 Å². The van der Waals surface area contributed by atoms with Gasteiger partial charge in [-0.1, -0.05) is 42.0 Å². The second kappa shape index (κ2) is 13.1. The third kappa shape index (κ3) is 8.55. The Balaban J connectivity index is 0.00000264. The first-order chi connectivity index (χ1) is 10.8. The van der Waals surface area contributed by atoms with Gasteiger partial charge in [0.2, 0.25) is 0 Å². The summed E-state index contributed by atoms with van der Waals surface area (Å²) in [6.07, 6.45) is 1.15. The van der Waals surface area contributed by atoms with Gasteiger partial charge in [-0.05, 0) is 56.7 Å². The summed E-state index contributed by atoms with van der Waals surface area (Å²) >= 11 is 0. The van der Waals surface area contributed by atoms with Gasteiger partial charge in [-0.15, -0.1) is 24.8 Å². The van der Waals surface area contributed by atoms with E-state index in [2.05, 4.69) is 54.0 Å². The van der Waals surface area contributed by atoms with E-state index in [-0.39, 0.29) is 24.8 Å². The fourth-order valence-corrected chi connectivity index (χ4v) is 2.18. The average Bonchev–Trinajstić information content (AvgIpc) is 2.55. The van der Waals surface area contributed by atoms with Crippen molar-refractivity contribution in [2.45, 2.75) is 26.5 Å². The Labute approximate surface area is 158 Å². The highest BCUT2D eigenvalue weighted by atomic mass is 35.5. The summed E-state index contributed by atoms with van der Waals surface area (Å²) in [4.78, 5) is 0. The van der Waals surface area contributed by atoms with Gasteiger partial charge in [0, 0.05) is 6.54 Å². The lowest BCUT2D eigenvalue weighted by Gasteiger charge is -2.08. The van der Waals surface area contributed by atoms with E-state index in [1.807, 2.05) is 19.2 Å². The second-order valence-corrected chi connectivity index (χ2v) is 5.55. The topological polar surface area (TPSA) is 33.3 Å². The quantitative estimate of drug-likeness (QED) is 0.651. The van der Waals surface area contributed by atoms with Gasteiger partial charge in [0.1, 0.15) is 12.4 Å². The van der Waals surface area contributed by atoms with Crippen molar-refractivity contribution >= 4 is 24.8 Å². The second-order valence-electron chi connectivity index (χ2n) is 5.55. The van der Waals surface area contributed by atoms with Crippen LogP contribution in [0.5, 0.6) is 5.75 Å². The number of hydrogen-bond acceptors (Lipinski definition) is 3. The molecule has 0 atom stereocenters. The highest BCUT2D eigenvalue weighted by Crippen LogP contribution is 2.14. The largest absolute Gasteiger partial charge is 0.489 e. The van der Waals surface area contributed by atoms with Crippen LogP contribution in [0, 0.1) is 6.92 Å². The SMILES string of the molecule is CNCCCNCc1ccc(OCc2ccc(C)cc2)cc1.Cl.Cl. The number of nitrogens with one attached hydrogen (secondary N) is 2. The minimum Gasteiger partial charge on any atom is -0.489 e. The molecule has 2 N–H and O–H groups in total. The van der Waals surface area contributed by atoms with Crippen LogP contribution in [-0.4, -0.2) is 20.1 Å². The summed E-state index contributed by atoms with van der Waals surface area (Å²) in [5.74, 6) is 0.916. The molecule has 0 bridgehead atoms. The molecule has 0 aliphatic heterocycles. The van der Waals surface area contributed by atoms with Gasteiger partial charge in [-0.25, -0.2) is 0 Å². The van der Waals surface area contributed by atoms with E-state index in [0.717, 1.165) is 31.8 Å². The third-order valence-corrected chi connectivity index (χ3v) is 3.56. The van der Waals surface area contributed by atoms with E-state index < -0.39 is 0 Å². The number of aryl methyl sites for hydroxylation is 1. The Kier molecular flexibility index (Phi) is 12.4. The van der Waals surface area contributed by atoms with E-state index in [1.165, 1.54) is 16.7 Å². The molecule has 2 rings (SSSR count). The molecule has 2 aromatic carbocycles. The van der Waals surface area contributed by atoms with Crippen LogP contribution in [-0.2, 0) is 13.2 Å². The molecule has 0 aliphatic rings. The predicted octanol–water partition coefficient (Wildman–Crippen LogP) is 4.12. The van der Waals surface area contributed by atoms with Crippen molar-refractivity contribution in [3.05, 3.63) is 65.2 Å². The summed E-state index contributed by atoms with van der Waals surface area (Å²) in [6, 6.07) is 16.8. The van der Waals surface area contributed by atoms with E-state index in [0.29, 0.717) is 6.61 Å². The fraction of sp³-hybridized carbons (Fsp3) is 0.368. The summed E-state index contributed by atoms with van der Waals surface area (Å²) in [7, 11) is 1.98. The normalized spacial score (nSPS) is 9.75.